The highest BCUT2D eigenvalue weighted by atomic mass is 35.5. The van der Waals surface area contributed by atoms with Crippen LogP contribution in [0.5, 0.6) is 0 Å². The van der Waals surface area contributed by atoms with Crippen LogP contribution in [0.3, 0.4) is 0 Å². The predicted molar refractivity (Wildman–Crippen MR) is 123 cm³/mol. The molecule has 0 radical (unpaired) electrons. The molecular weight excluding hydrogens is 414 g/mol. The molecule has 4 aromatic rings. The van der Waals surface area contributed by atoms with E-state index in [0.29, 0.717) is 35.2 Å². The lowest BCUT2D eigenvalue weighted by Crippen LogP contribution is -2.40. The van der Waals surface area contributed by atoms with Crippen molar-refractivity contribution in [1.82, 2.24) is 18.7 Å². The Morgan fingerprint density at radius 3 is 2.52 bits per heavy atom. The van der Waals surface area contributed by atoms with Crippen molar-refractivity contribution < 1.29 is 0 Å². The second-order valence-electron chi connectivity index (χ2n) is 8.03. The van der Waals surface area contributed by atoms with E-state index in [-0.39, 0.29) is 17.8 Å². The van der Waals surface area contributed by atoms with E-state index >= 15 is 0 Å². The molecule has 0 aliphatic carbocycles. The van der Waals surface area contributed by atoms with Crippen molar-refractivity contribution in [2.45, 2.75) is 26.9 Å². The van der Waals surface area contributed by atoms with Gasteiger partial charge in [-0.2, -0.15) is 4.98 Å². The van der Waals surface area contributed by atoms with Gasteiger partial charge in [0.15, 0.2) is 11.2 Å². The minimum atomic E-state index is -0.367. The van der Waals surface area contributed by atoms with Gasteiger partial charge in [0, 0.05) is 30.8 Å². The van der Waals surface area contributed by atoms with Crippen molar-refractivity contribution in [2.75, 3.05) is 11.4 Å². The molecule has 1 aliphatic heterocycles. The van der Waals surface area contributed by atoms with Crippen molar-refractivity contribution in [3.63, 3.8) is 0 Å². The molecule has 8 heteroatoms. The molecule has 0 spiro atoms. The number of aryl methyl sites for hydroxylation is 3. The van der Waals surface area contributed by atoms with Gasteiger partial charge in [-0.05, 0) is 49.2 Å². The summed E-state index contributed by atoms with van der Waals surface area (Å²) in [7, 11) is 1.67. The first kappa shape index (κ1) is 19.6. The number of nitrogens with zero attached hydrogens (tertiary/aromatic N) is 5. The number of rotatable bonds is 3. The van der Waals surface area contributed by atoms with Gasteiger partial charge in [-0.3, -0.25) is 13.9 Å². The molecule has 1 aliphatic rings. The van der Waals surface area contributed by atoms with Crippen LogP contribution in [0.1, 0.15) is 16.7 Å². The van der Waals surface area contributed by atoms with Crippen molar-refractivity contribution >= 4 is 34.4 Å². The van der Waals surface area contributed by atoms with Crippen molar-refractivity contribution in [1.29, 1.82) is 0 Å². The second-order valence-corrected chi connectivity index (χ2v) is 8.46. The second kappa shape index (κ2) is 7.13. The molecule has 0 atom stereocenters. The first-order valence-corrected chi connectivity index (χ1v) is 10.5. The van der Waals surface area contributed by atoms with Crippen LogP contribution in [0.15, 0.2) is 52.1 Å². The summed E-state index contributed by atoms with van der Waals surface area (Å²) in [5.41, 5.74) is 4.23. The minimum Gasteiger partial charge on any atom is -0.310 e. The molecule has 2 aromatic carbocycles. The lowest BCUT2D eigenvalue weighted by atomic mass is 10.1. The highest BCUT2D eigenvalue weighted by molar-refractivity contribution is 6.30. The molecule has 0 saturated carbocycles. The molecule has 0 amide bonds. The fraction of sp³-hybridized carbons (Fsp3) is 0.261. The zero-order valence-corrected chi connectivity index (χ0v) is 18.3. The highest BCUT2D eigenvalue weighted by Crippen LogP contribution is 2.32. The molecule has 2 aromatic heterocycles. The average Bonchev–Trinajstić information content (AvgIpc) is 3.32. The van der Waals surface area contributed by atoms with Crippen LogP contribution < -0.4 is 16.1 Å². The van der Waals surface area contributed by atoms with E-state index in [9.17, 15) is 9.59 Å². The zero-order chi connectivity index (χ0) is 21.9. The quantitative estimate of drug-likeness (QED) is 0.495. The van der Waals surface area contributed by atoms with Crippen LogP contribution in [-0.4, -0.2) is 25.2 Å². The molecule has 0 fully saturated rings. The molecule has 0 saturated heterocycles. The van der Waals surface area contributed by atoms with Crippen LogP contribution in [0, 0.1) is 13.8 Å². The minimum absolute atomic E-state index is 0.233. The predicted octanol–water partition coefficient (Wildman–Crippen LogP) is 3.37. The third-order valence-electron chi connectivity index (χ3n) is 5.97. The number of benzene rings is 2. The van der Waals surface area contributed by atoms with Gasteiger partial charge in [-0.1, -0.05) is 35.4 Å². The maximum atomic E-state index is 13.5. The third kappa shape index (κ3) is 3.08. The van der Waals surface area contributed by atoms with Gasteiger partial charge in [-0.25, -0.2) is 4.79 Å². The normalized spacial score (nSPS) is 13.2. The Balaban J connectivity index is 1.68. The largest absolute Gasteiger partial charge is 0.332 e. The smallest absolute Gasteiger partial charge is 0.310 e. The number of hydrogen-bond donors (Lipinski definition) is 0. The van der Waals surface area contributed by atoms with Crippen LogP contribution >= 0.6 is 11.6 Å². The molecule has 3 heterocycles. The number of anilines is 2. The van der Waals surface area contributed by atoms with Gasteiger partial charge in [0.1, 0.15) is 0 Å². The summed E-state index contributed by atoms with van der Waals surface area (Å²) in [6.45, 7) is 5.53. The summed E-state index contributed by atoms with van der Waals surface area (Å²) in [5, 5.41) is 0.660. The number of imidazole rings is 1. The van der Waals surface area contributed by atoms with Gasteiger partial charge in [0.05, 0.1) is 6.54 Å². The van der Waals surface area contributed by atoms with Crippen LogP contribution in [0.25, 0.3) is 11.2 Å². The molecular formula is C23H22ClN5O2. The van der Waals surface area contributed by atoms with E-state index in [4.69, 9.17) is 11.6 Å². The number of halogens is 1. The summed E-state index contributed by atoms with van der Waals surface area (Å²) >= 11 is 6.03. The van der Waals surface area contributed by atoms with Gasteiger partial charge in [-0.15, -0.1) is 0 Å². The standard InChI is InChI=1S/C23H22ClN5O2/c1-14-4-5-15(2)16(12-14)13-29-21(30)19-20(26(3)23(29)31)25-22-27(10-11-28(19)22)18-8-6-17(24)7-9-18/h4-9,12H,10-11,13H2,1-3H3. The molecule has 5 rings (SSSR count). The van der Waals surface area contributed by atoms with E-state index in [1.165, 1.54) is 9.13 Å². The molecule has 7 nitrogen and oxygen atoms in total. The van der Waals surface area contributed by atoms with E-state index in [1.54, 1.807) is 7.05 Å². The molecule has 158 valence electrons. The Labute approximate surface area is 183 Å². The topological polar surface area (TPSA) is 65.1 Å². The lowest BCUT2D eigenvalue weighted by molar-refractivity contribution is 0.650. The highest BCUT2D eigenvalue weighted by Gasteiger charge is 2.28. The SMILES string of the molecule is Cc1ccc(C)c(Cn2c(=O)c3c(nc4n3CCN4c3ccc(Cl)cc3)n(C)c2=O)c1. The molecule has 0 unspecified atom stereocenters. The van der Waals surface area contributed by atoms with Crippen LogP contribution in [0.4, 0.5) is 11.6 Å². The third-order valence-corrected chi connectivity index (χ3v) is 6.22. The zero-order valence-electron chi connectivity index (χ0n) is 17.6. The Hall–Kier alpha value is -3.32. The Kier molecular flexibility index (Phi) is 4.51. The summed E-state index contributed by atoms with van der Waals surface area (Å²) in [6.07, 6.45) is 0. The Morgan fingerprint density at radius 1 is 1.03 bits per heavy atom. The maximum absolute atomic E-state index is 13.5. The number of aromatic nitrogens is 4. The summed E-state index contributed by atoms with van der Waals surface area (Å²) in [4.78, 5) is 33.2. The monoisotopic (exact) mass is 435 g/mol. The average molecular weight is 436 g/mol. The Bertz CT molecular complexity index is 1450. The molecule has 0 bridgehead atoms. The van der Waals surface area contributed by atoms with Crippen molar-refractivity contribution in [3.05, 3.63) is 85.0 Å². The lowest BCUT2D eigenvalue weighted by Gasteiger charge is -2.15. The summed E-state index contributed by atoms with van der Waals surface area (Å²) < 4.78 is 4.68. The van der Waals surface area contributed by atoms with E-state index in [1.807, 2.05) is 65.8 Å². The maximum Gasteiger partial charge on any atom is 0.332 e. The van der Waals surface area contributed by atoms with Crippen LogP contribution in [-0.2, 0) is 20.1 Å². The van der Waals surface area contributed by atoms with Gasteiger partial charge < -0.3 is 9.47 Å². The van der Waals surface area contributed by atoms with Gasteiger partial charge >= 0.3 is 5.69 Å². The van der Waals surface area contributed by atoms with Crippen molar-refractivity contribution in [2.24, 2.45) is 7.05 Å². The fourth-order valence-electron chi connectivity index (χ4n) is 4.22. The number of fused-ring (bicyclic) bond motifs is 3. The fourth-order valence-corrected chi connectivity index (χ4v) is 4.35. The molecule has 31 heavy (non-hydrogen) atoms. The van der Waals surface area contributed by atoms with E-state index in [0.717, 1.165) is 22.4 Å². The van der Waals surface area contributed by atoms with Crippen LogP contribution in [0.2, 0.25) is 5.02 Å². The molecule has 0 N–H and O–H groups in total. The Morgan fingerprint density at radius 2 is 1.77 bits per heavy atom. The number of hydrogen-bond acceptors (Lipinski definition) is 4. The van der Waals surface area contributed by atoms with E-state index < -0.39 is 0 Å². The van der Waals surface area contributed by atoms with Crippen molar-refractivity contribution in [3.8, 4) is 0 Å². The first-order chi connectivity index (χ1) is 14.8. The summed E-state index contributed by atoms with van der Waals surface area (Å²) in [6, 6.07) is 13.6. The van der Waals surface area contributed by atoms with Gasteiger partial charge in [0.25, 0.3) is 5.56 Å². The van der Waals surface area contributed by atoms with Gasteiger partial charge in [0.2, 0.25) is 5.95 Å². The van der Waals surface area contributed by atoms with E-state index in [2.05, 4.69) is 4.98 Å². The summed E-state index contributed by atoms with van der Waals surface area (Å²) in [5.74, 6) is 0.661. The first-order valence-electron chi connectivity index (χ1n) is 10.1.